The van der Waals surface area contributed by atoms with E-state index in [9.17, 15) is 9.90 Å². The van der Waals surface area contributed by atoms with Gasteiger partial charge in [0, 0.05) is 6.42 Å². The monoisotopic (exact) mass is 296 g/mol. The Hall–Kier alpha value is -1.09. The summed E-state index contributed by atoms with van der Waals surface area (Å²) in [6.07, 6.45) is 18.4. The molecule has 0 aliphatic carbocycles. The summed E-state index contributed by atoms with van der Waals surface area (Å²) in [6, 6.07) is 0. The summed E-state index contributed by atoms with van der Waals surface area (Å²) in [5, 5.41) is 18.3. The molecular formula is C18H32O3. The van der Waals surface area contributed by atoms with Crippen molar-refractivity contribution in [3.05, 3.63) is 24.3 Å². The maximum Gasteiger partial charge on any atom is 0.303 e. The van der Waals surface area contributed by atoms with Crippen molar-refractivity contribution in [2.75, 3.05) is 0 Å². The average Bonchev–Trinajstić information content (AvgIpc) is 2.45. The summed E-state index contributed by atoms with van der Waals surface area (Å²) in [4.78, 5) is 10.3. The molecule has 0 saturated carbocycles. The van der Waals surface area contributed by atoms with E-state index in [2.05, 4.69) is 13.0 Å². The van der Waals surface area contributed by atoms with Gasteiger partial charge in [-0.3, -0.25) is 4.79 Å². The number of allylic oxidation sites excluding steroid dienone is 3. The van der Waals surface area contributed by atoms with Crippen molar-refractivity contribution in [2.45, 2.75) is 83.7 Å². The maximum absolute atomic E-state index is 10.3. The first-order valence-electron chi connectivity index (χ1n) is 8.40. The van der Waals surface area contributed by atoms with Crippen LogP contribution in [0.3, 0.4) is 0 Å². The van der Waals surface area contributed by atoms with Crippen molar-refractivity contribution in [1.29, 1.82) is 0 Å². The molecule has 3 heteroatoms. The van der Waals surface area contributed by atoms with Gasteiger partial charge in [-0.2, -0.15) is 0 Å². The first-order valence-corrected chi connectivity index (χ1v) is 8.40. The van der Waals surface area contributed by atoms with E-state index in [-0.39, 0.29) is 12.5 Å². The zero-order valence-electron chi connectivity index (χ0n) is 13.5. The quantitative estimate of drug-likeness (QED) is 0.355. The van der Waals surface area contributed by atoms with Crippen LogP contribution in [0.2, 0.25) is 0 Å². The molecule has 0 aromatic rings. The van der Waals surface area contributed by atoms with Crippen LogP contribution >= 0.6 is 0 Å². The molecule has 0 aromatic heterocycles. The van der Waals surface area contributed by atoms with Crippen molar-refractivity contribution in [1.82, 2.24) is 0 Å². The molecular weight excluding hydrogens is 264 g/mol. The zero-order chi connectivity index (χ0) is 15.8. The molecule has 0 aromatic carbocycles. The second-order valence-corrected chi connectivity index (χ2v) is 5.58. The van der Waals surface area contributed by atoms with E-state index in [1.165, 1.54) is 19.3 Å². The Bertz CT molecular complexity index is 295. The van der Waals surface area contributed by atoms with Gasteiger partial charge < -0.3 is 10.2 Å². The number of carboxylic acid groups (broad SMARTS) is 1. The number of carboxylic acids is 1. The average molecular weight is 296 g/mol. The van der Waals surface area contributed by atoms with E-state index >= 15 is 0 Å². The molecule has 1 atom stereocenters. The SMILES string of the molecule is CCCCC/C=C\C=C/[C@@H](O)CCCCCCCC(=O)O. The van der Waals surface area contributed by atoms with Crippen molar-refractivity contribution >= 4 is 5.97 Å². The number of hydrogen-bond donors (Lipinski definition) is 2. The van der Waals surface area contributed by atoms with Gasteiger partial charge in [0.25, 0.3) is 0 Å². The third-order valence-electron chi connectivity index (χ3n) is 3.45. The smallest absolute Gasteiger partial charge is 0.303 e. The predicted octanol–water partition coefficient (Wildman–Crippen LogP) is 4.86. The van der Waals surface area contributed by atoms with E-state index in [4.69, 9.17) is 5.11 Å². The lowest BCUT2D eigenvalue weighted by Crippen LogP contribution is -2.01. The molecule has 0 aliphatic rings. The molecule has 2 N–H and O–H groups in total. The highest BCUT2D eigenvalue weighted by Gasteiger charge is 1.99. The van der Waals surface area contributed by atoms with Gasteiger partial charge in [-0.15, -0.1) is 0 Å². The van der Waals surface area contributed by atoms with Crippen molar-refractivity contribution in [3.8, 4) is 0 Å². The van der Waals surface area contributed by atoms with E-state index in [1.54, 1.807) is 0 Å². The largest absolute Gasteiger partial charge is 0.481 e. The van der Waals surface area contributed by atoms with Crippen LogP contribution in [0.5, 0.6) is 0 Å². The number of unbranched alkanes of at least 4 members (excludes halogenated alkanes) is 7. The van der Waals surface area contributed by atoms with Gasteiger partial charge in [0.15, 0.2) is 0 Å². The van der Waals surface area contributed by atoms with Crippen LogP contribution in [0, 0.1) is 0 Å². The van der Waals surface area contributed by atoms with Crippen molar-refractivity contribution < 1.29 is 15.0 Å². The van der Waals surface area contributed by atoms with E-state index in [0.29, 0.717) is 0 Å². The number of hydrogen-bond acceptors (Lipinski definition) is 2. The molecule has 0 unspecified atom stereocenters. The Kier molecular flexibility index (Phi) is 14.5. The predicted molar refractivity (Wildman–Crippen MR) is 88.4 cm³/mol. The number of aliphatic hydroxyl groups is 1. The molecule has 0 bridgehead atoms. The molecule has 0 saturated heterocycles. The Morgan fingerprint density at radius 1 is 1.00 bits per heavy atom. The normalized spacial score (nSPS) is 13.2. The zero-order valence-corrected chi connectivity index (χ0v) is 13.5. The summed E-state index contributed by atoms with van der Waals surface area (Å²) >= 11 is 0. The van der Waals surface area contributed by atoms with Crippen molar-refractivity contribution in [2.24, 2.45) is 0 Å². The van der Waals surface area contributed by atoms with Gasteiger partial charge in [0.05, 0.1) is 6.10 Å². The molecule has 0 fully saturated rings. The van der Waals surface area contributed by atoms with Crippen LogP contribution in [0.25, 0.3) is 0 Å². The van der Waals surface area contributed by atoms with E-state index in [1.807, 2.05) is 18.2 Å². The molecule has 3 nitrogen and oxygen atoms in total. The number of rotatable bonds is 14. The topological polar surface area (TPSA) is 57.5 Å². The van der Waals surface area contributed by atoms with Gasteiger partial charge in [0.2, 0.25) is 0 Å². The Morgan fingerprint density at radius 2 is 1.71 bits per heavy atom. The highest BCUT2D eigenvalue weighted by molar-refractivity contribution is 5.66. The molecule has 0 amide bonds. The molecule has 21 heavy (non-hydrogen) atoms. The lowest BCUT2D eigenvalue weighted by Gasteiger charge is -2.04. The number of carbonyl (C=O) groups is 1. The minimum absolute atomic E-state index is 0.274. The third kappa shape index (κ3) is 16.9. The highest BCUT2D eigenvalue weighted by atomic mass is 16.4. The van der Waals surface area contributed by atoms with Crippen LogP contribution in [-0.2, 0) is 4.79 Å². The third-order valence-corrected chi connectivity index (χ3v) is 3.45. The second-order valence-electron chi connectivity index (χ2n) is 5.58. The molecule has 0 spiro atoms. The van der Waals surface area contributed by atoms with E-state index < -0.39 is 5.97 Å². The maximum atomic E-state index is 10.3. The Morgan fingerprint density at radius 3 is 2.43 bits per heavy atom. The van der Waals surface area contributed by atoms with Gasteiger partial charge in [-0.1, -0.05) is 69.8 Å². The first kappa shape index (κ1) is 19.9. The summed E-state index contributed by atoms with van der Waals surface area (Å²) in [5.41, 5.74) is 0. The molecule has 0 heterocycles. The van der Waals surface area contributed by atoms with Crippen LogP contribution in [0.15, 0.2) is 24.3 Å². The van der Waals surface area contributed by atoms with Gasteiger partial charge in [0.1, 0.15) is 0 Å². The van der Waals surface area contributed by atoms with Crippen molar-refractivity contribution in [3.63, 3.8) is 0 Å². The van der Waals surface area contributed by atoms with Crippen LogP contribution in [0.4, 0.5) is 0 Å². The highest BCUT2D eigenvalue weighted by Crippen LogP contribution is 2.09. The van der Waals surface area contributed by atoms with Gasteiger partial charge in [-0.05, 0) is 25.7 Å². The minimum Gasteiger partial charge on any atom is -0.481 e. The van der Waals surface area contributed by atoms with Crippen LogP contribution < -0.4 is 0 Å². The number of aliphatic carboxylic acids is 1. The fourth-order valence-corrected chi connectivity index (χ4v) is 2.14. The fraction of sp³-hybridized carbons (Fsp3) is 0.722. The Labute approximate surface area is 129 Å². The first-order chi connectivity index (χ1) is 10.2. The van der Waals surface area contributed by atoms with Gasteiger partial charge in [-0.25, -0.2) is 0 Å². The summed E-state index contributed by atoms with van der Waals surface area (Å²) in [7, 11) is 0. The van der Waals surface area contributed by atoms with Crippen LogP contribution in [-0.4, -0.2) is 22.3 Å². The summed E-state index contributed by atoms with van der Waals surface area (Å²) in [6.45, 7) is 2.20. The molecule has 0 rings (SSSR count). The molecule has 0 radical (unpaired) electrons. The lowest BCUT2D eigenvalue weighted by atomic mass is 10.1. The minimum atomic E-state index is -0.710. The van der Waals surface area contributed by atoms with Gasteiger partial charge >= 0.3 is 5.97 Å². The molecule has 0 aliphatic heterocycles. The Balaban J connectivity index is 3.40. The fourth-order valence-electron chi connectivity index (χ4n) is 2.14. The molecule has 122 valence electrons. The van der Waals surface area contributed by atoms with E-state index in [0.717, 1.165) is 44.9 Å². The lowest BCUT2D eigenvalue weighted by molar-refractivity contribution is -0.137. The number of aliphatic hydroxyl groups excluding tert-OH is 1. The second kappa shape index (κ2) is 15.3. The summed E-state index contributed by atoms with van der Waals surface area (Å²) in [5.74, 6) is -0.710. The summed E-state index contributed by atoms with van der Waals surface area (Å²) < 4.78 is 0. The standard InChI is InChI=1S/C18H32O3/c1-2-3-4-5-6-8-11-14-17(19)15-12-9-7-10-13-16-18(20)21/h6,8,11,14,17,19H,2-5,7,9-10,12-13,15-16H2,1H3,(H,20,21)/b8-6-,14-11-/t17-/m1/s1. The van der Waals surface area contributed by atoms with Crippen LogP contribution in [0.1, 0.15) is 77.6 Å².